The number of ether oxygens (including phenoxy) is 1. The normalized spacial score (nSPS) is 12.8. The molecule has 0 radical (unpaired) electrons. The van der Waals surface area contributed by atoms with Gasteiger partial charge in [-0.15, -0.1) is 0 Å². The number of aliphatic imine (C=N–C) groups is 1. The molecule has 0 saturated heterocycles. The number of likely N-dealkylation sites (N-methyl/N-ethyl adjacent to an activating group) is 1. The Balaban J connectivity index is 1.63. The smallest absolute Gasteiger partial charge is 0.280 e. The third-order valence-corrected chi connectivity index (χ3v) is 12.7. The molecule has 4 aromatic carbocycles. The quantitative estimate of drug-likeness (QED) is 0.0693. The van der Waals surface area contributed by atoms with E-state index in [0.29, 0.717) is 35.8 Å². The fraction of sp³-hybridized carbons (Fsp3) is 0.396. The zero-order valence-corrected chi connectivity index (χ0v) is 39.5. The van der Waals surface area contributed by atoms with Gasteiger partial charge in [0.1, 0.15) is 5.75 Å². The summed E-state index contributed by atoms with van der Waals surface area (Å²) in [6, 6.07) is 24.9. The van der Waals surface area contributed by atoms with Gasteiger partial charge in [-0.25, -0.2) is 23.1 Å². The molecule has 1 aromatic heterocycles. The number of para-hydroxylation sites is 2. The van der Waals surface area contributed by atoms with Gasteiger partial charge in [-0.2, -0.15) is 4.68 Å². The molecule has 1 unspecified atom stereocenters. The molecule has 63 heavy (non-hydrogen) atoms. The van der Waals surface area contributed by atoms with E-state index in [9.17, 15) is 22.8 Å². The summed E-state index contributed by atoms with van der Waals surface area (Å²) >= 11 is 6.49. The van der Waals surface area contributed by atoms with Gasteiger partial charge in [-0.1, -0.05) is 96.5 Å². The van der Waals surface area contributed by atoms with Crippen molar-refractivity contribution in [2.24, 2.45) is 4.99 Å². The van der Waals surface area contributed by atoms with Crippen LogP contribution in [0.2, 0.25) is 5.02 Å². The average molecular weight is 899 g/mol. The molecule has 336 valence electrons. The Labute approximate surface area is 376 Å². The molecule has 5 aromatic rings. The van der Waals surface area contributed by atoms with Crippen LogP contribution < -0.4 is 30.7 Å². The number of carbonyl (C=O) groups excluding carboxylic acids is 2. The lowest BCUT2D eigenvalue weighted by Gasteiger charge is -2.31. The molecule has 13 nitrogen and oxygen atoms in total. The van der Waals surface area contributed by atoms with Crippen molar-refractivity contribution in [3.8, 4) is 5.75 Å². The van der Waals surface area contributed by atoms with Crippen molar-refractivity contribution in [1.82, 2.24) is 14.4 Å². The number of sulfonamides is 1. The molecule has 1 atom stereocenters. The molecular weight excluding hydrogens is 838 g/mol. The first-order valence-corrected chi connectivity index (χ1v) is 23.6. The first-order chi connectivity index (χ1) is 29.7. The fourth-order valence-corrected chi connectivity index (χ4v) is 7.54. The summed E-state index contributed by atoms with van der Waals surface area (Å²) in [5, 5.41) is 3.30. The maximum atomic E-state index is 14.5. The van der Waals surface area contributed by atoms with Crippen LogP contribution in [-0.4, -0.2) is 67.6 Å². The Bertz CT molecular complexity index is 2680. The highest BCUT2D eigenvalue weighted by Gasteiger charge is 2.31. The van der Waals surface area contributed by atoms with E-state index in [1.54, 1.807) is 54.6 Å². The Morgan fingerprint density at radius 2 is 1.60 bits per heavy atom. The molecule has 0 fully saturated rings. The number of amides is 2. The van der Waals surface area contributed by atoms with Gasteiger partial charge in [0.05, 0.1) is 33.6 Å². The number of fused-ring (bicyclic) bond motifs is 1. The van der Waals surface area contributed by atoms with Crippen LogP contribution in [-0.2, 0) is 30.4 Å². The van der Waals surface area contributed by atoms with Crippen molar-refractivity contribution in [2.45, 2.75) is 98.5 Å². The number of anilines is 2. The van der Waals surface area contributed by atoms with Crippen LogP contribution in [0, 0.1) is 6.92 Å². The Morgan fingerprint density at radius 1 is 0.921 bits per heavy atom. The second kappa shape index (κ2) is 20.3. The molecule has 5 rings (SSSR count). The predicted molar refractivity (Wildman–Crippen MR) is 256 cm³/mol. The van der Waals surface area contributed by atoms with Crippen molar-refractivity contribution >= 4 is 67.1 Å². The number of carbonyl (C=O) groups is 2. The van der Waals surface area contributed by atoms with Gasteiger partial charge in [0, 0.05) is 30.9 Å². The van der Waals surface area contributed by atoms with Crippen molar-refractivity contribution in [3.05, 3.63) is 123 Å². The van der Waals surface area contributed by atoms with Gasteiger partial charge >= 0.3 is 0 Å². The second-order valence-corrected chi connectivity index (χ2v) is 19.1. The number of hydrogen-bond acceptors (Lipinski definition) is 9. The van der Waals surface area contributed by atoms with E-state index in [1.807, 2.05) is 49.9 Å². The molecule has 1 heterocycles. The number of nitrogens with one attached hydrogen (secondary N) is 3. The number of aromatic nitrogens is 2. The van der Waals surface area contributed by atoms with Crippen LogP contribution in [0.1, 0.15) is 97.2 Å². The highest BCUT2D eigenvalue weighted by Crippen LogP contribution is 2.39. The minimum Gasteiger partial charge on any atom is -0.480 e. The molecule has 3 N–H and O–H groups in total. The SMILES string of the molecule is CCC(Oc1ccc(C(C)(C)CC)cc1C(C)(C)CC)C(=O)Nn1c(/C(=N\c2ccc(N(CC)CCNS(C)(=O)=O)cc2C)C(=O)Nc2ccccc2Cl)nc2ccccc2c1=O. The monoisotopic (exact) mass is 897 g/mol. The Hall–Kier alpha value is -5.57. The largest absolute Gasteiger partial charge is 0.480 e. The molecule has 0 saturated carbocycles. The van der Waals surface area contributed by atoms with Crippen LogP contribution in [0.15, 0.2) is 94.7 Å². The summed E-state index contributed by atoms with van der Waals surface area (Å²) in [5.41, 5.74) is 6.06. The van der Waals surface area contributed by atoms with Crippen LogP contribution in [0.25, 0.3) is 10.9 Å². The Morgan fingerprint density at radius 3 is 2.24 bits per heavy atom. The van der Waals surface area contributed by atoms with Crippen molar-refractivity contribution in [3.63, 3.8) is 0 Å². The highest BCUT2D eigenvalue weighted by molar-refractivity contribution is 7.88. The van der Waals surface area contributed by atoms with E-state index in [1.165, 1.54) is 5.56 Å². The lowest BCUT2D eigenvalue weighted by molar-refractivity contribution is -0.124. The average Bonchev–Trinajstić information content (AvgIpc) is 3.25. The number of rotatable bonds is 19. The number of nitrogens with zero attached hydrogens (tertiary/aromatic N) is 4. The number of hydrogen-bond donors (Lipinski definition) is 3. The minimum absolute atomic E-state index is 0.0770. The standard InChI is InChI=1S/C48H60ClN7O6S/c1-11-40(62-41-26-23-32(47(6,7)12-2)30-35(41)48(8,9)13-3)44(57)54-56-43(52-38-21-17-15-19-34(38)46(56)59)42(45(58)53-39-22-18-16-20-36(39)49)51-37-25-24-33(29-31(37)5)55(14-4)28-27-50-63(10,60)61/h15-26,29-30,40,50H,11-14,27-28H2,1-10H3,(H,53,58)(H,54,57)/b51-42+. The summed E-state index contributed by atoms with van der Waals surface area (Å²) in [5.74, 6) is -1.04. The molecule has 15 heteroatoms. The summed E-state index contributed by atoms with van der Waals surface area (Å²) < 4.78 is 33.5. The molecule has 0 aliphatic heterocycles. The van der Waals surface area contributed by atoms with Gasteiger partial charge in [-0.3, -0.25) is 19.8 Å². The summed E-state index contributed by atoms with van der Waals surface area (Å²) in [4.78, 5) is 55.2. The minimum atomic E-state index is -3.37. The first-order valence-electron chi connectivity index (χ1n) is 21.3. The van der Waals surface area contributed by atoms with Gasteiger partial charge in [-0.05, 0) is 104 Å². The first kappa shape index (κ1) is 48.5. The molecule has 0 aliphatic rings. The van der Waals surface area contributed by atoms with Crippen molar-refractivity contribution in [2.75, 3.05) is 41.5 Å². The maximum Gasteiger partial charge on any atom is 0.280 e. The molecule has 2 amide bonds. The van der Waals surface area contributed by atoms with Crippen LogP contribution in [0.3, 0.4) is 0 Å². The lowest BCUT2D eigenvalue weighted by Crippen LogP contribution is -2.45. The van der Waals surface area contributed by atoms with E-state index in [4.69, 9.17) is 26.3 Å². The van der Waals surface area contributed by atoms with Crippen LogP contribution in [0.5, 0.6) is 5.75 Å². The highest BCUT2D eigenvalue weighted by atomic mass is 35.5. The van der Waals surface area contributed by atoms with E-state index < -0.39 is 33.5 Å². The molecule has 0 spiro atoms. The van der Waals surface area contributed by atoms with Crippen molar-refractivity contribution < 1.29 is 22.7 Å². The fourth-order valence-electron chi connectivity index (χ4n) is 6.89. The summed E-state index contributed by atoms with van der Waals surface area (Å²) in [6.45, 7) is 19.8. The summed E-state index contributed by atoms with van der Waals surface area (Å²) in [6.07, 6.45) is 2.08. The van der Waals surface area contributed by atoms with Crippen molar-refractivity contribution in [1.29, 1.82) is 0 Å². The van der Waals surface area contributed by atoms with Crippen LogP contribution in [0.4, 0.5) is 17.1 Å². The maximum absolute atomic E-state index is 14.5. The van der Waals surface area contributed by atoms with E-state index in [0.717, 1.165) is 35.0 Å². The zero-order valence-electron chi connectivity index (χ0n) is 37.9. The van der Waals surface area contributed by atoms with E-state index in [2.05, 4.69) is 63.1 Å². The topological polar surface area (TPSA) is 164 Å². The second-order valence-electron chi connectivity index (χ2n) is 16.9. The number of halogens is 1. The van der Waals surface area contributed by atoms with Gasteiger partial charge in [0.2, 0.25) is 10.0 Å². The molecular formula is C48H60ClN7O6S. The third-order valence-electron chi connectivity index (χ3n) is 11.6. The van der Waals surface area contributed by atoms with E-state index >= 15 is 0 Å². The van der Waals surface area contributed by atoms with Gasteiger partial charge in [0.15, 0.2) is 17.6 Å². The third kappa shape index (κ3) is 11.7. The summed E-state index contributed by atoms with van der Waals surface area (Å²) in [7, 11) is -3.37. The number of benzene rings is 4. The Kier molecular flexibility index (Phi) is 15.6. The number of aryl methyl sites for hydroxylation is 1. The lowest BCUT2D eigenvalue weighted by atomic mass is 9.76. The van der Waals surface area contributed by atoms with Gasteiger partial charge in [0.25, 0.3) is 17.4 Å². The zero-order chi connectivity index (χ0) is 46.3. The molecule has 0 aliphatic carbocycles. The van der Waals surface area contributed by atoms with Crippen LogP contribution >= 0.6 is 11.6 Å². The molecule has 0 bridgehead atoms. The van der Waals surface area contributed by atoms with Gasteiger partial charge < -0.3 is 15.0 Å². The van der Waals surface area contributed by atoms with E-state index in [-0.39, 0.29) is 51.3 Å². The predicted octanol–water partition coefficient (Wildman–Crippen LogP) is 8.80.